The summed E-state index contributed by atoms with van der Waals surface area (Å²) in [5.74, 6) is 0.998. The lowest BCUT2D eigenvalue weighted by Gasteiger charge is -2.28. The molecule has 3 rings (SSSR count). The predicted octanol–water partition coefficient (Wildman–Crippen LogP) is 1.98. The standard InChI is InChI=1S/C11H9NO/c1-2-5-11-8-12-6-4-10(11)13-7-9(11)3-1/h1-7H,8H2. The first kappa shape index (κ1) is 6.89. The molecule has 0 amide bonds. The summed E-state index contributed by atoms with van der Waals surface area (Å²) < 4.78 is 5.50. The molecule has 1 unspecified atom stereocenters. The molecule has 2 nitrogen and oxygen atoms in total. The molecule has 0 bridgehead atoms. The Balaban J connectivity index is 2.18. The van der Waals surface area contributed by atoms with Crippen molar-refractivity contribution < 1.29 is 4.74 Å². The van der Waals surface area contributed by atoms with Crippen LogP contribution in [0.25, 0.3) is 0 Å². The zero-order valence-corrected chi connectivity index (χ0v) is 7.10. The largest absolute Gasteiger partial charge is 0.468 e. The summed E-state index contributed by atoms with van der Waals surface area (Å²) in [6, 6.07) is 0. The Labute approximate surface area is 76.6 Å². The number of hydrogen-bond donors (Lipinski definition) is 0. The van der Waals surface area contributed by atoms with Gasteiger partial charge in [0, 0.05) is 11.8 Å². The molecule has 0 N–H and O–H groups in total. The summed E-state index contributed by atoms with van der Waals surface area (Å²) in [6.07, 6.45) is 13.9. The van der Waals surface area contributed by atoms with Crippen molar-refractivity contribution >= 4 is 6.21 Å². The fraction of sp³-hybridized carbons (Fsp3) is 0.182. The zero-order chi connectivity index (χ0) is 8.73. The van der Waals surface area contributed by atoms with Crippen LogP contribution in [0, 0.1) is 5.41 Å². The van der Waals surface area contributed by atoms with Gasteiger partial charge in [-0.3, -0.25) is 4.99 Å². The van der Waals surface area contributed by atoms with Gasteiger partial charge in [-0.25, -0.2) is 0 Å². The maximum atomic E-state index is 5.50. The first-order chi connectivity index (χ1) is 6.42. The number of aliphatic imine (C=N–C) groups is 1. The highest BCUT2D eigenvalue weighted by molar-refractivity contribution is 5.75. The van der Waals surface area contributed by atoms with Crippen LogP contribution in [0.1, 0.15) is 0 Å². The van der Waals surface area contributed by atoms with Gasteiger partial charge in [-0.05, 0) is 6.08 Å². The van der Waals surface area contributed by atoms with Crippen molar-refractivity contribution in [3.05, 3.63) is 48.0 Å². The molecule has 2 heterocycles. The first-order valence-corrected chi connectivity index (χ1v) is 4.36. The van der Waals surface area contributed by atoms with Crippen molar-refractivity contribution in [3.63, 3.8) is 0 Å². The smallest absolute Gasteiger partial charge is 0.121 e. The van der Waals surface area contributed by atoms with E-state index in [0.29, 0.717) is 0 Å². The molecule has 2 heteroatoms. The molecule has 0 fully saturated rings. The van der Waals surface area contributed by atoms with E-state index in [9.17, 15) is 0 Å². The zero-order valence-electron chi connectivity index (χ0n) is 7.10. The van der Waals surface area contributed by atoms with Crippen LogP contribution >= 0.6 is 0 Å². The number of hydrogen-bond acceptors (Lipinski definition) is 2. The van der Waals surface area contributed by atoms with Crippen LogP contribution < -0.4 is 0 Å². The molecule has 13 heavy (non-hydrogen) atoms. The van der Waals surface area contributed by atoms with E-state index in [4.69, 9.17) is 4.74 Å². The Hall–Kier alpha value is -1.57. The maximum absolute atomic E-state index is 5.50. The summed E-state index contributed by atoms with van der Waals surface area (Å²) in [5.41, 5.74) is 1.13. The third-order valence-electron chi connectivity index (χ3n) is 2.71. The molecular weight excluding hydrogens is 162 g/mol. The van der Waals surface area contributed by atoms with Crippen molar-refractivity contribution in [2.24, 2.45) is 10.4 Å². The van der Waals surface area contributed by atoms with Crippen molar-refractivity contribution in [2.75, 3.05) is 6.54 Å². The molecule has 2 aliphatic heterocycles. The van der Waals surface area contributed by atoms with E-state index >= 15 is 0 Å². The summed E-state index contributed by atoms with van der Waals surface area (Å²) >= 11 is 0. The molecule has 0 saturated heterocycles. The minimum Gasteiger partial charge on any atom is -0.468 e. The SMILES string of the molecule is C1=CC2=COC3=CC=NCC23C=C1. The van der Waals surface area contributed by atoms with Gasteiger partial charge in [0.25, 0.3) is 0 Å². The minimum absolute atomic E-state index is 0.0799. The molecule has 64 valence electrons. The Morgan fingerprint density at radius 3 is 3.38 bits per heavy atom. The quantitative estimate of drug-likeness (QED) is 0.546. The molecule has 3 aliphatic rings. The fourth-order valence-corrected chi connectivity index (χ4v) is 1.95. The van der Waals surface area contributed by atoms with Crippen LogP contribution in [-0.4, -0.2) is 12.8 Å². The molecule has 0 aromatic heterocycles. The summed E-state index contributed by atoms with van der Waals surface area (Å²) in [7, 11) is 0. The summed E-state index contributed by atoms with van der Waals surface area (Å²) in [5, 5.41) is 0. The topological polar surface area (TPSA) is 21.6 Å². The molecule has 0 aromatic carbocycles. The number of allylic oxidation sites excluding steroid dienone is 4. The summed E-state index contributed by atoms with van der Waals surface area (Å²) in [6.45, 7) is 0.769. The maximum Gasteiger partial charge on any atom is 0.121 e. The second kappa shape index (κ2) is 2.22. The minimum atomic E-state index is -0.0799. The van der Waals surface area contributed by atoms with Gasteiger partial charge >= 0.3 is 0 Å². The van der Waals surface area contributed by atoms with Crippen molar-refractivity contribution in [2.45, 2.75) is 0 Å². The fourth-order valence-electron chi connectivity index (χ4n) is 1.95. The molecule has 0 radical (unpaired) electrons. The number of rotatable bonds is 0. The Morgan fingerprint density at radius 1 is 1.38 bits per heavy atom. The highest BCUT2D eigenvalue weighted by Crippen LogP contribution is 2.46. The third-order valence-corrected chi connectivity index (χ3v) is 2.71. The average Bonchev–Trinajstić information content (AvgIpc) is 2.56. The van der Waals surface area contributed by atoms with E-state index in [2.05, 4.69) is 23.2 Å². The third kappa shape index (κ3) is 0.750. The van der Waals surface area contributed by atoms with Gasteiger partial charge < -0.3 is 4.74 Å². The first-order valence-electron chi connectivity index (χ1n) is 4.36. The highest BCUT2D eigenvalue weighted by atomic mass is 16.5. The van der Waals surface area contributed by atoms with Crippen LogP contribution in [0.3, 0.4) is 0 Å². The van der Waals surface area contributed by atoms with Crippen LogP contribution in [0.15, 0.2) is 53.0 Å². The molecule has 0 aromatic rings. The number of nitrogens with zero attached hydrogens (tertiary/aromatic N) is 1. The normalized spacial score (nSPS) is 33.2. The van der Waals surface area contributed by atoms with Crippen LogP contribution in [0.2, 0.25) is 0 Å². The Morgan fingerprint density at radius 2 is 2.38 bits per heavy atom. The Bertz CT molecular complexity index is 398. The van der Waals surface area contributed by atoms with Gasteiger partial charge in [0.2, 0.25) is 0 Å². The Kier molecular flexibility index (Phi) is 1.18. The van der Waals surface area contributed by atoms with Crippen LogP contribution in [-0.2, 0) is 4.74 Å². The number of ether oxygens (including phenoxy) is 1. The summed E-state index contributed by atoms with van der Waals surface area (Å²) in [4.78, 5) is 4.29. The van der Waals surface area contributed by atoms with E-state index in [0.717, 1.165) is 12.3 Å². The average molecular weight is 171 g/mol. The molecule has 1 atom stereocenters. The number of dihydropyridines is 1. The predicted molar refractivity (Wildman–Crippen MR) is 51.3 cm³/mol. The van der Waals surface area contributed by atoms with Gasteiger partial charge in [-0.15, -0.1) is 0 Å². The molecule has 1 aliphatic carbocycles. The molecule has 1 spiro atoms. The van der Waals surface area contributed by atoms with E-state index in [1.165, 1.54) is 5.57 Å². The van der Waals surface area contributed by atoms with Gasteiger partial charge in [-0.2, -0.15) is 0 Å². The lowest BCUT2D eigenvalue weighted by atomic mass is 9.76. The van der Waals surface area contributed by atoms with E-state index in [-0.39, 0.29) is 5.41 Å². The van der Waals surface area contributed by atoms with Crippen LogP contribution in [0.5, 0.6) is 0 Å². The highest BCUT2D eigenvalue weighted by Gasteiger charge is 2.42. The lowest BCUT2D eigenvalue weighted by molar-refractivity contribution is 0.314. The second-order valence-corrected chi connectivity index (χ2v) is 3.40. The van der Waals surface area contributed by atoms with E-state index < -0.39 is 0 Å². The van der Waals surface area contributed by atoms with Gasteiger partial charge in [0.15, 0.2) is 0 Å². The van der Waals surface area contributed by atoms with Crippen molar-refractivity contribution in [1.29, 1.82) is 0 Å². The van der Waals surface area contributed by atoms with Gasteiger partial charge in [-0.1, -0.05) is 24.3 Å². The van der Waals surface area contributed by atoms with Crippen LogP contribution in [0.4, 0.5) is 0 Å². The second-order valence-electron chi connectivity index (χ2n) is 3.40. The molecule has 0 saturated carbocycles. The van der Waals surface area contributed by atoms with Crippen molar-refractivity contribution in [3.8, 4) is 0 Å². The van der Waals surface area contributed by atoms with E-state index in [1.807, 2.05) is 24.6 Å². The van der Waals surface area contributed by atoms with Crippen molar-refractivity contribution in [1.82, 2.24) is 0 Å². The monoisotopic (exact) mass is 171 g/mol. The lowest BCUT2D eigenvalue weighted by Crippen LogP contribution is -2.26. The van der Waals surface area contributed by atoms with Gasteiger partial charge in [0.1, 0.15) is 5.76 Å². The molecular formula is C11H9NO. The van der Waals surface area contributed by atoms with Gasteiger partial charge in [0.05, 0.1) is 18.2 Å². The van der Waals surface area contributed by atoms with E-state index in [1.54, 1.807) is 0 Å².